The number of ether oxygens (including phenoxy) is 1. The molecule has 0 N–H and O–H groups in total. The van der Waals surface area contributed by atoms with Crippen LogP contribution >= 0.6 is 0 Å². The zero-order valence-corrected chi connectivity index (χ0v) is 14.1. The average molecular weight is 317 g/mol. The fraction of sp³-hybridized carbons (Fsp3) is 0.667. The summed E-state index contributed by atoms with van der Waals surface area (Å²) in [4.78, 5) is 21.1. The Morgan fingerprint density at radius 1 is 1.35 bits per heavy atom. The fourth-order valence-electron chi connectivity index (χ4n) is 3.73. The lowest BCUT2D eigenvalue weighted by molar-refractivity contribution is -0.144. The van der Waals surface area contributed by atoms with E-state index < -0.39 is 0 Å². The molecule has 0 spiro atoms. The van der Waals surface area contributed by atoms with Crippen LogP contribution in [0.3, 0.4) is 0 Å². The van der Waals surface area contributed by atoms with Crippen LogP contribution in [0.2, 0.25) is 0 Å². The summed E-state index contributed by atoms with van der Waals surface area (Å²) in [6, 6.07) is 6.04. The monoisotopic (exact) mass is 317 g/mol. The van der Waals surface area contributed by atoms with E-state index >= 15 is 0 Å². The molecule has 2 unspecified atom stereocenters. The summed E-state index contributed by atoms with van der Waals surface area (Å²) in [6.07, 6.45) is 5.06. The number of nitrogens with zero attached hydrogens (tertiary/aromatic N) is 3. The number of anilines is 1. The summed E-state index contributed by atoms with van der Waals surface area (Å²) in [5, 5.41) is 0. The van der Waals surface area contributed by atoms with Gasteiger partial charge in [0.05, 0.1) is 0 Å². The van der Waals surface area contributed by atoms with Gasteiger partial charge in [-0.2, -0.15) is 0 Å². The van der Waals surface area contributed by atoms with Gasteiger partial charge >= 0.3 is 5.97 Å². The van der Waals surface area contributed by atoms with Gasteiger partial charge in [0.2, 0.25) is 0 Å². The molecule has 0 radical (unpaired) electrons. The van der Waals surface area contributed by atoms with E-state index in [1.807, 2.05) is 25.3 Å². The molecule has 2 aliphatic heterocycles. The first kappa shape index (κ1) is 16.2. The minimum Gasteiger partial charge on any atom is -0.461 e. The molecule has 0 saturated carbocycles. The van der Waals surface area contributed by atoms with Crippen molar-refractivity contribution in [1.82, 2.24) is 9.88 Å². The van der Waals surface area contributed by atoms with Gasteiger partial charge in [-0.3, -0.25) is 9.69 Å². The largest absolute Gasteiger partial charge is 0.461 e. The molecule has 5 heteroatoms. The van der Waals surface area contributed by atoms with Crippen LogP contribution in [-0.4, -0.2) is 54.2 Å². The molecule has 23 heavy (non-hydrogen) atoms. The Balaban J connectivity index is 1.52. The van der Waals surface area contributed by atoms with Gasteiger partial charge in [-0.15, -0.1) is 0 Å². The average Bonchev–Trinajstić information content (AvgIpc) is 2.92. The normalized spacial score (nSPS) is 25.9. The first-order valence-electron chi connectivity index (χ1n) is 8.78. The van der Waals surface area contributed by atoms with Crippen molar-refractivity contribution >= 4 is 11.8 Å². The van der Waals surface area contributed by atoms with Crippen LogP contribution in [0.4, 0.5) is 5.82 Å². The van der Waals surface area contributed by atoms with E-state index in [0.29, 0.717) is 5.92 Å². The minimum atomic E-state index is -0.0381. The second kappa shape index (κ2) is 7.30. The lowest BCUT2D eigenvalue weighted by atomic mass is 9.95. The number of carbonyl (C=O) groups excluding carboxylic acids is 1. The third kappa shape index (κ3) is 3.83. The van der Waals surface area contributed by atoms with Crippen molar-refractivity contribution in [3.63, 3.8) is 0 Å². The Bertz CT molecular complexity index is 514. The van der Waals surface area contributed by atoms with E-state index in [9.17, 15) is 4.79 Å². The summed E-state index contributed by atoms with van der Waals surface area (Å²) >= 11 is 0. The Labute approximate surface area is 138 Å². The SMILES string of the molecule is CCN(CC1CCN(c2ccccn2)CC1)C1CC(C)OC1=O. The summed E-state index contributed by atoms with van der Waals surface area (Å²) < 4.78 is 5.32. The number of esters is 1. The molecule has 126 valence electrons. The van der Waals surface area contributed by atoms with Gasteiger partial charge in [0, 0.05) is 32.3 Å². The Morgan fingerprint density at radius 2 is 2.13 bits per heavy atom. The molecule has 5 nitrogen and oxygen atoms in total. The number of hydrogen-bond donors (Lipinski definition) is 0. The molecule has 3 rings (SSSR count). The van der Waals surface area contributed by atoms with Crippen LogP contribution in [0.25, 0.3) is 0 Å². The Hall–Kier alpha value is -1.62. The number of pyridine rings is 1. The number of likely N-dealkylation sites (N-methyl/N-ethyl adjacent to an activating group) is 1. The van der Waals surface area contributed by atoms with E-state index in [4.69, 9.17) is 4.74 Å². The highest BCUT2D eigenvalue weighted by molar-refractivity contribution is 5.77. The number of piperidine rings is 1. The first-order chi connectivity index (χ1) is 11.2. The highest BCUT2D eigenvalue weighted by atomic mass is 16.6. The van der Waals surface area contributed by atoms with Crippen LogP contribution in [0.1, 0.15) is 33.1 Å². The van der Waals surface area contributed by atoms with Crippen molar-refractivity contribution in [2.75, 3.05) is 31.1 Å². The van der Waals surface area contributed by atoms with Crippen LogP contribution in [-0.2, 0) is 9.53 Å². The predicted octanol–water partition coefficient (Wildman–Crippen LogP) is 2.32. The Kier molecular flexibility index (Phi) is 5.16. The Morgan fingerprint density at radius 3 is 2.70 bits per heavy atom. The van der Waals surface area contributed by atoms with Crippen molar-refractivity contribution < 1.29 is 9.53 Å². The van der Waals surface area contributed by atoms with E-state index in [2.05, 4.69) is 27.8 Å². The molecule has 1 aromatic heterocycles. The molecule has 2 aliphatic rings. The summed E-state index contributed by atoms with van der Waals surface area (Å²) in [7, 11) is 0. The summed E-state index contributed by atoms with van der Waals surface area (Å²) in [5.74, 6) is 1.69. The molecule has 0 aromatic carbocycles. The highest BCUT2D eigenvalue weighted by Gasteiger charge is 2.36. The molecule has 3 heterocycles. The van der Waals surface area contributed by atoms with E-state index in [1.165, 1.54) is 0 Å². The van der Waals surface area contributed by atoms with Crippen LogP contribution in [0.15, 0.2) is 24.4 Å². The third-order valence-corrected chi connectivity index (χ3v) is 5.07. The standard InChI is InChI=1S/C18H27N3O2/c1-3-20(16-12-14(2)23-18(16)22)13-15-7-10-21(11-8-15)17-6-4-5-9-19-17/h4-6,9,14-16H,3,7-8,10-13H2,1-2H3. The molecular weight excluding hydrogens is 290 g/mol. The van der Waals surface area contributed by atoms with Crippen molar-refractivity contribution in [3.05, 3.63) is 24.4 Å². The molecule has 2 saturated heterocycles. The van der Waals surface area contributed by atoms with Gasteiger partial charge in [-0.1, -0.05) is 13.0 Å². The lowest BCUT2D eigenvalue weighted by Crippen LogP contribution is -2.44. The maximum absolute atomic E-state index is 12.0. The maximum atomic E-state index is 12.0. The molecule has 0 bridgehead atoms. The molecule has 2 atom stereocenters. The first-order valence-corrected chi connectivity index (χ1v) is 8.78. The minimum absolute atomic E-state index is 0.0368. The maximum Gasteiger partial charge on any atom is 0.323 e. The second-order valence-electron chi connectivity index (χ2n) is 6.70. The summed E-state index contributed by atoms with van der Waals surface area (Å²) in [5.41, 5.74) is 0. The van der Waals surface area contributed by atoms with Gasteiger partial charge in [-0.25, -0.2) is 4.98 Å². The second-order valence-corrected chi connectivity index (χ2v) is 6.70. The van der Waals surface area contributed by atoms with E-state index in [0.717, 1.165) is 51.3 Å². The molecule has 0 amide bonds. The number of hydrogen-bond acceptors (Lipinski definition) is 5. The smallest absolute Gasteiger partial charge is 0.323 e. The number of aromatic nitrogens is 1. The van der Waals surface area contributed by atoms with Crippen molar-refractivity contribution in [2.24, 2.45) is 5.92 Å². The predicted molar refractivity (Wildman–Crippen MR) is 90.4 cm³/mol. The molecule has 0 aliphatic carbocycles. The topological polar surface area (TPSA) is 45.7 Å². The van der Waals surface area contributed by atoms with Gasteiger partial charge in [0.25, 0.3) is 0 Å². The molecule has 2 fully saturated rings. The van der Waals surface area contributed by atoms with E-state index in [1.54, 1.807) is 0 Å². The van der Waals surface area contributed by atoms with Gasteiger partial charge in [0.1, 0.15) is 18.0 Å². The van der Waals surface area contributed by atoms with Gasteiger partial charge < -0.3 is 9.64 Å². The molecule has 1 aromatic rings. The lowest BCUT2D eigenvalue weighted by Gasteiger charge is -2.36. The fourth-order valence-corrected chi connectivity index (χ4v) is 3.73. The van der Waals surface area contributed by atoms with Crippen LogP contribution in [0, 0.1) is 5.92 Å². The van der Waals surface area contributed by atoms with Crippen molar-refractivity contribution in [1.29, 1.82) is 0 Å². The van der Waals surface area contributed by atoms with Gasteiger partial charge in [-0.05, 0) is 44.4 Å². The van der Waals surface area contributed by atoms with E-state index in [-0.39, 0.29) is 18.1 Å². The van der Waals surface area contributed by atoms with Crippen LogP contribution < -0.4 is 4.90 Å². The van der Waals surface area contributed by atoms with Gasteiger partial charge in [0.15, 0.2) is 0 Å². The van der Waals surface area contributed by atoms with Crippen LogP contribution in [0.5, 0.6) is 0 Å². The summed E-state index contributed by atoms with van der Waals surface area (Å²) in [6.45, 7) is 8.12. The zero-order chi connectivity index (χ0) is 16.2. The highest BCUT2D eigenvalue weighted by Crippen LogP contribution is 2.25. The number of carbonyl (C=O) groups is 1. The number of rotatable bonds is 5. The van der Waals surface area contributed by atoms with Crippen molar-refractivity contribution in [2.45, 2.75) is 45.3 Å². The number of cyclic esters (lactones) is 1. The quantitative estimate of drug-likeness (QED) is 0.780. The molecular formula is C18H27N3O2. The zero-order valence-electron chi connectivity index (χ0n) is 14.1. The third-order valence-electron chi connectivity index (χ3n) is 5.07. The van der Waals surface area contributed by atoms with Crippen molar-refractivity contribution in [3.8, 4) is 0 Å².